The maximum atomic E-state index is 10.1. The van der Waals surface area contributed by atoms with Gasteiger partial charge in [0, 0.05) is 12.1 Å². The molecule has 54 valence electrons. The monoisotopic (exact) mass is 140 g/mol. The highest BCUT2D eigenvalue weighted by Crippen LogP contribution is 2.09. The summed E-state index contributed by atoms with van der Waals surface area (Å²) in [7, 11) is 0. The molecule has 2 N–H and O–H groups in total. The highest BCUT2D eigenvalue weighted by atomic mass is 16.8. The van der Waals surface area contributed by atoms with Crippen LogP contribution in [-0.4, -0.2) is 5.11 Å². The number of benzene rings is 1. The molecule has 0 radical (unpaired) electrons. The first kappa shape index (κ1) is 7.01. The van der Waals surface area contributed by atoms with Crippen LogP contribution in [0, 0.1) is 10.4 Å². The maximum Gasteiger partial charge on any atom is 0.131 e. The zero-order valence-electron chi connectivity index (χ0n) is 5.07. The van der Waals surface area contributed by atoms with Gasteiger partial charge in [0.1, 0.15) is 11.4 Å². The van der Waals surface area contributed by atoms with Crippen molar-refractivity contribution in [2.75, 3.05) is 0 Å². The van der Waals surface area contributed by atoms with Crippen LogP contribution in [0.4, 0.5) is 5.69 Å². The van der Waals surface area contributed by atoms with Gasteiger partial charge in [-0.1, -0.05) is 0 Å². The van der Waals surface area contributed by atoms with Gasteiger partial charge >= 0.3 is 0 Å². The van der Waals surface area contributed by atoms with Gasteiger partial charge in [0.25, 0.3) is 0 Å². The Labute approximate surface area is 57.5 Å². The predicted octanol–water partition coefficient (Wildman–Crippen LogP) is -0.0958. The summed E-state index contributed by atoms with van der Waals surface area (Å²) in [4.78, 5) is 0. The van der Waals surface area contributed by atoms with E-state index in [-0.39, 0.29) is 11.4 Å². The zero-order valence-corrected chi connectivity index (χ0v) is 5.07. The Morgan fingerprint density at radius 1 is 1.10 bits per heavy atom. The van der Waals surface area contributed by atoms with E-state index in [0.717, 1.165) is 0 Å². The summed E-state index contributed by atoms with van der Waals surface area (Å²) < 4.78 is 0. The molecule has 0 saturated heterocycles. The maximum absolute atomic E-state index is 10.1. The Morgan fingerprint density at radius 2 is 1.60 bits per heavy atom. The lowest BCUT2D eigenvalue weighted by Crippen LogP contribution is -2.96. The van der Waals surface area contributed by atoms with Crippen molar-refractivity contribution in [1.29, 1.82) is 0 Å². The largest absolute Gasteiger partial charge is 0.628 e. The number of quaternary nitrogens is 1. The molecule has 0 bridgehead atoms. The summed E-state index contributed by atoms with van der Waals surface area (Å²) in [6, 6.07) is 5.16. The first-order chi connectivity index (χ1) is 4.70. The van der Waals surface area contributed by atoms with E-state index in [9.17, 15) is 10.4 Å². The van der Waals surface area contributed by atoms with E-state index in [1.54, 1.807) is 0 Å². The number of hydrogen-bond donors (Lipinski definition) is 2. The smallest absolute Gasteiger partial charge is 0.131 e. The quantitative estimate of drug-likeness (QED) is 0.422. The zero-order chi connectivity index (χ0) is 7.56. The normalized spacial score (nSPS) is 10.3. The van der Waals surface area contributed by atoms with Crippen molar-refractivity contribution < 1.29 is 10.3 Å². The number of hydrogen-bond acceptors (Lipinski definition) is 3. The lowest BCUT2D eigenvalue weighted by Gasteiger charge is -2.24. The molecular formula is C6H6NO3-. The van der Waals surface area contributed by atoms with Gasteiger partial charge in [0.2, 0.25) is 0 Å². The van der Waals surface area contributed by atoms with Gasteiger partial charge in [-0.25, -0.2) is 0 Å². The van der Waals surface area contributed by atoms with E-state index in [1.807, 2.05) is 0 Å². The van der Waals surface area contributed by atoms with Crippen molar-refractivity contribution >= 4 is 5.69 Å². The van der Waals surface area contributed by atoms with Gasteiger partial charge in [-0.3, -0.25) is 0 Å². The van der Waals surface area contributed by atoms with Gasteiger partial charge in [-0.05, 0) is 12.1 Å². The van der Waals surface area contributed by atoms with Crippen molar-refractivity contribution in [3.05, 3.63) is 34.7 Å². The Kier molecular flexibility index (Phi) is 1.86. The molecule has 0 aliphatic rings. The summed E-state index contributed by atoms with van der Waals surface area (Å²) in [5.41, 5.74) is 0.0674. The Bertz CT molecular complexity index is 207. The SMILES string of the molecule is [O-][NH+]([O-])c1ccc(O)cc1. The summed E-state index contributed by atoms with van der Waals surface area (Å²) in [5, 5.41) is 27.7. The van der Waals surface area contributed by atoms with E-state index < -0.39 is 5.23 Å². The molecule has 4 heteroatoms. The molecule has 1 rings (SSSR count). The molecule has 0 spiro atoms. The minimum Gasteiger partial charge on any atom is -0.628 e. The molecule has 0 aliphatic heterocycles. The molecule has 1 aromatic rings. The van der Waals surface area contributed by atoms with Crippen LogP contribution < -0.4 is 5.23 Å². The van der Waals surface area contributed by atoms with E-state index in [4.69, 9.17) is 5.11 Å². The third-order valence-corrected chi connectivity index (χ3v) is 1.10. The second-order valence-corrected chi connectivity index (χ2v) is 1.83. The minimum atomic E-state index is -1.24. The van der Waals surface area contributed by atoms with Crippen molar-refractivity contribution in [1.82, 2.24) is 0 Å². The molecule has 0 aromatic heterocycles. The van der Waals surface area contributed by atoms with Crippen LogP contribution >= 0.6 is 0 Å². The standard InChI is InChI=1S/C6H6NO3/c8-6-3-1-5(2-4-6)7(9)10/h1-4,7-8H/q-1. The number of aromatic hydroxyl groups is 1. The van der Waals surface area contributed by atoms with E-state index in [2.05, 4.69) is 0 Å². The number of phenolic OH excluding ortho intramolecular Hbond substituents is 1. The Balaban J connectivity index is 2.89. The van der Waals surface area contributed by atoms with E-state index in [0.29, 0.717) is 0 Å². The van der Waals surface area contributed by atoms with Crippen molar-refractivity contribution in [2.45, 2.75) is 0 Å². The summed E-state index contributed by atoms with van der Waals surface area (Å²) in [6.07, 6.45) is 0. The number of phenols is 1. The third kappa shape index (κ3) is 1.44. The highest BCUT2D eigenvalue weighted by Gasteiger charge is 1.91. The molecule has 0 unspecified atom stereocenters. The third-order valence-electron chi connectivity index (χ3n) is 1.10. The topological polar surface area (TPSA) is 70.8 Å². The molecular weight excluding hydrogens is 134 g/mol. The Morgan fingerprint density at radius 3 is 2.00 bits per heavy atom. The average molecular weight is 140 g/mol. The minimum absolute atomic E-state index is 0.0463. The molecule has 0 atom stereocenters. The predicted molar refractivity (Wildman–Crippen MR) is 35.5 cm³/mol. The van der Waals surface area contributed by atoms with Gasteiger partial charge < -0.3 is 20.7 Å². The summed E-state index contributed by atoms with van der Waals surface area (Å²) in [6.45, 7) is 0. The molecule has 0 fully saturated rings. The highest BCUT2D eigenvalue weighted by molar-refractivity contribution is 5.34. The second-order valence-electron chi connectivity index (χ2n) is 1.83. The van der Waals surface area contributed by atoms with E-state index >= 15 is 0 Å². The van der Waals surface area contributed by atoms with Gasteiger partial charge in [0.15, 0.2) is 0 Å². The fourth-order valence-corrected chi connectivity index (χ4v) is 0.598. The van der Waals surface area contributed by atoms with Crippen molar-refractivity contribution in [2.24, 2.45) is 0 Å². The summed E-state index contributed by atoms with van der Waals surface area (Å²) >= 11 is 0. The average Bonchev–Trinajstić information content (AvgIpc) is 1.88. The van der Waals surface area contributed by atoms with Gasteiger partial charge in [-0.2, -0.15) is 0 Å². The van der Waals surface area contributed by atoms with Crippen LogP contribution in [0.25, 0.3) is 0 Å². The van der Waals surface area contributed by atoms with Gasteiger partial charge in [0.05, 0.1) is 0 Å². The van der Waals surface area contributed by atoms with Crippen LogP contribution in [0.3, 0.4) is 0 Å². The lowest BCUT2D eigenvalue weighted by atomic mass is 10.3. The van der Waals surface area contributed by atoms with Crippen LogP contribution in [0.2, 0.25) is 0 Å². The van der Waals surface area contributed by atoms with Crippen LogP contribution in [0.1, 0.15) is 0 Å². The Hall–Kier alpha value is -1.10. The molecule has 10 heavy (non-hydrogen) atoms. The number of rotatable bonds is 1. The number of nitrogens with one attached hydrogen (secondary N) is 1. The fourth-order valence-electron chi connectivity index (χ4n) is 0.598. The van der Waals surface area contributed by atoms with Crippen LogP contribution in [0.15, 0.2) is 24.3 Å². The first-order valence-electron chi connectivity index (χ1n) is 2.70. The second kappa shape index (κ2) is 2.66. The van der Waals surface area contributed by atoms with Crippen molar-refractivity contribution in [3.63, 3.8) is 0 Å². The fraction of sp³-hybridized carbons (Fsp3) is 0. The van der Waals surface area contributed by atoms with Crippen molar-refractivity contribution in [3.8, 4) is 5.75 Å². The van der Waals surface area contributed by atoms with Crippen LogP contribution in [0.5, 0.6) is 5.75 Å². The molecule has 0 amide bonds. The van der Waals surface area contributed by atoms with Crippen LogP contribution in [-0.2, 0) is 0 Å². The summed E-state index contributed by atoms with van der Waals surface area (Å²) in [5.74, 6) is 0.0463. The molecule has 0 aliphatic carbocycles. The van der Waals surface area contributed by atoms with Gasteiger partial charge in [-0.15, -0.1) is 0 Å². The molecule has 1 aromatic carbocycles. The van der Waals surface area contributed by atoms with E-state index in [1.165, 1.54) is 24.3 Å². The molecule has 4 nitrogen and oxygen atoms in total. The molecule has 0 saturated carbocycles. The first-order valence-corrected chi connectivity index (χ1v) is 2.70. The lowest BCUT2D eigenvalue weighted by molar-refractivity contribution is -0.715. The molecule has 0 heterocycles.